The number of rotatable bonds is 18. The number of amides is 2. The van der Waals surface area contributed by atoms with Gasteiger partial charge in [0.25, 0.3) is 11.8 Å². The van der Waals surface area contributed by atoms with E-state index >= 15 is 0 Å². The largest absolute Gasteiger partial charge is 0.508 e. The third-order valence-electron chi connectivity index (χ3n) is 13.5. The van der Waals surface area contributed by atoms with Crippen LogP contribution in [0.2, 0.25) is 0 Å². The summed E-state index contributed by atoms with van der Waals surface area (Å²) in [6.45, 7) is 16.5. The Morgan fingerprint density at radius 3 is 1.63 bits per heavy atom. The number of aliphatic hydroxyl groups excluding tert-OH is 2. The minimum absolute atomic E-state index is 0.0456. The molecule has 4 aliphatic rings. The Morgan fingerprint density at radius 1 is 0.714 bits per heavy atom. The van der Waals surface area contributed by atoms with Crippen molar-refractivity contribution in [2.75, 3.05) is 6.54 Å². The molecule has 4 heterocycles. The van der Waals surface area contributed by atoms with Crippen LogP contribution < -0.4 is 9.47 Å². The van der Waals surface area contributed by atoms with Crippen molar-refractivity contribution in [1.82, 2.24) is 9.80 Å². The van der Waals surface area contributed by atoms with Crippen LogP contribution in [0.1, 0.15) is 163 Å². The zero-order valence-corrected chi connectivity index (χ0v) is 38.5. The molecule has 2 aromatic carbocycles. The van der Waals surface area contributed by atoms with Crippen molar-refractivity contribution in [3.05, 3.63) is 92.1 Å². The van der Waals surface area contributed by atoms with Crippen LogP contribution in [0.25, 0.3) is 0 Å². The lowest BCUT2D eigenvalue weighted by atomic mass is 9.84. The fourth-order valence-electron chi connectivity index (χ4n) is 9.40. The minimum atomic E-state index is -1.23. The molecule has 342 valence electrons. The van der Waals surface area contributed by atoms with E-state index in [1.165, 1.54) is 39.3 Å². The zero-order chi connectivity index (χ0) is 46.0. The maximum absolute atomic E-state index is 13.9. The number of aromatic hydroxyl groups is 2. The van der Waals surface area contributed by atoms with Gasteiger partial charge in [0.1, 0.15) is 40.2 Å². The summed E-state index contributed by atoms with van der Waals surface area (Å²) >= 11 is 0. The zero-order valence-electron chi connectivity index (χ0n) is 38.5. The maximum atomic E-state index is 13.9. The number of aliphatic carboxylic acids is 1. The fourth-order valence-corrected chi connectivity index (χ4v) is 9.40. The van der Waals surface area contributed by atoms with E-state index in [2.05, 4.69) is 65.8 Å². The number of ether oxygens (including phenoxy) is 2. The van der Waals surface area contributed by atoms with Gasteiger partial charge in [0, 0.05) is 41.6 Å². The number of hydrogen-bond acceptors (Lipinski definition) is 9. The van der Waals surface area contributed by atoms with E-state index in [9.17, 15) is 39.9 Å². The van der Waals surface area contributed by atoms with Crippen LogP contribution in [0.15, 0.2) is 58.7 Å². The van der Waals surface area contributed by atoms with Gasteiger partial charge in [-0.25, -0.2) is 4.79 Å². The highest BCUT2D eigenvalue weighted by atomic mass is 16.5. The molecule has 0 radical (unpaired) electrons. The van der Waals surface area contributed by atoms with Crippen molar-refractivity contribution in [2.45, 2.75) is 175 Å². The number of phenolic OH excluding ortho intramolecular Hbond substituents is 2. The number of benzene rings is 2. The van der Waals surface area contributed by atoms with Crippen LogP contribution in [0, 0.1) is 0 Å². The van der Waals surface area contributed by atoms with Gasteiger partial charge in [0.15, 0.2) is 0 Å². The number of allylic oxidation sites excluding steroid dienone is 8. The van der Waals surface area contributed by atoms with Gasteiger partial charge in [-0.2, -0.15) is 0 Å². The second-order valence-electron chi connectivity index (χ2n) is 19.2. The summed E-state index contributed by atoms with van der Waals surface area (Å²) in [4.78, 5) is 43.4. The predicted molar refractivity (Wildman–Crippen MR) is 242 cm³/mol. The maximum Gasteiger partial charge on any atom is 0.326 e. The third-order valence-corrected chi connectivity index (χ3v) is 13.5. The van der Waals surface area contributed by atoms with Crippen molar-refractivity contribution in [1.29, 1.82) is 0 Å². The van der Waals surface area contributed by atoms with Gasteiger partial charge in [0.2, 0.25) is 0 Å². The number of carboxylic acids is 1. The first-order valence-electron chi connectivity index (χ1n) is 22.6. The quantitative estimate of drug-likeness (QED) is 0.0909. The first-order valence-corrected chi connectivity index (χ1v) is 22.6. The van der Waals surface area contributed by atoms with E-state index in [4.69, 9.17) is 9.47 Å². The molecule has 2 amide bonds. The smallest absolute Gasteiger partial charge is 0.326 e. The van der Waals surface area contributed by atoms with E-state index in [0.29, 0.717) is 65.0 Å². The topological polar surface area (TPSA) is 177 Å². The number of carboxylic acid groups (broad SMARTS) is 1. The van der Waals surface area contributed by atoms with E-state index in [0.717, 1.165) is 25.7 Å². The molecule has 0 aliphatic carbocycles. The Balaban J connectivity index is 1.11. The van der Waals surface area contributed by atoms with E-state index in [-0.39, 0.29) is 68.3 Å². The summed E-state index contributed by atoms with van der Waals surface area (Å²) in [6, 6.07) is 1.55. The van der Waals surface area contributed by atoms with Crippen molar-refractivity contribution >= 4 is 17.8 Å². The molecular formula is C51H68N2O10. The van der Waals surface area contributed by atoms with Gasteiger partial charge in [-0.3, -0.25) is 9.59 Å². The molecule has 0 aromatic heterocycles. The average molecular weight is 869 g/mol. The van der Waals surface area contributed by atoms with E-state index in [1.54, 1.807) is 4.90 Å². The number of carbonyl (C=O) groups excluding carboxylic acids is 2. The molecule has 63 heavy (non-hydrogen) atoms. The molecule has 4 aliphatic heterocycles. The number of aliphatic hydroxyl groups is 2. The first-order chi connectivity index (χ1) is 29.7. The molecule has 12 heteroatoms. The number of nitrogens with zero attached hydrogens (tertiary/aromatic N) is 2. The van der Waals surface area contributed by atoms with Crippen LogP contribution in [0.5, 0.6) is 23.0 Å². The van der Waals surface area contributed by atoms with E-state index in [1.807, 2.05) is 13.8 Å². The second kappa shape index (κ2) is 19.4. The molecule has 0 spiro atoms. The predicted octanol–water partition coefficient (Wildman–Crippen LogP) is 9.00. The Morgan fingerprint density at radius 2 is 1.17 bits per heavy atom. The van der Waals surface area contributed by atoms with Crippen molar-refractivity contribution < 1.29 is 49.4 Å². The van der Waals surface area contributed by atoms with Crippen LogP contribution in [-0.4, -0.2) is 89.1 Å². The second-order valence-corrected chi connectivity index (χ2v) is 19.2. The van der Waals surface area contributed by atoms with Crippen LogP contribution >= 0.6 is 0 Å². The molecule has 6 rings (SSSR count). The fraction of sp³-hybridized carbons (Fsp3) is 0.549. The Kier molecular flexibility index (Phi) is 14.6. The summed E-state index contributed by atoms with van der Waals surface area (Å²) < 4.78 is 13.1. The first kappa shape index (κ1) is 47.4. The number of carbonyl (C=O) groups is 3. The molecule has 0 bridgehead atoms. The lowest BCUT2D eigenvalue weighted by molar-refractivity contribution is -0.142. The molecule has 0 saturated carbocycles. The highest BCUT2D eigenvalue weighted by molar-refractivity contribution is 6.02. The highest BCUT2D eigenvalue weighted by Crippen LogP contribution is 2.48. The van der Waals surface area contributed by atoms with Gasteiger partial charge in [-0.05, 0) is 132 Å². The van der Waals surface area contributed by atoms with Gasteiger partial charge in [-0.1, -0.05) is 46.6 Å². The summed E-state index contributed by atoms with van der Waals surface area (Å²) in [5.41, 5.74) is 5.57. The molecule has 2 aromatic rings. The third kappa shape index (κ3) is 10.3. The minimum Gasteiger partial charge on any atom is -0.508 e. The van der Waals surface area contributed by atoms with Crippen LogP contribution in [0.3, 0.4) is 0 Å². The number of hydrogen-bond donors (Lipinski definition) is 5. The standard InChI is InChI=1S/C51H68N2O10/c1-30(2)14-9-16-32(5)18-11-21-50(7)43(56)26-36-41(54)24-34-38(45(36)62-50)28-52(47(34)58)23-13-20-40(49(60)61)53-29-39-35(48(53)59)25-42(55)37-27-44(57)51(8,63-46(37)39)22-12-19-33(6)17-10-15-31(3)4/h14-15,18-19,24-25,40,43-44,54-57H,9-13,16-17,20-23,26-29H2,1-8H3,(H,60,61)/b32-18+,33-19-/t40-,43-,44-,50-,51+/m0/s1. The Bertz CT molecular complexity index is 2230. The molecule has 12 nitrogen and oxygen atoms in total. The summed E-state index contributed by atoms with van der Waals surface area (Å²) in [7, 11) is 0. The normalized spacial score (nSPS) is 23.3. The summed E-state index contributed by atoms with van der Waals surface area (Å²) in [5.74, 6) is -1.60. The van der Waals surface area contributed by atoms with Gasteiger partial charge in [-0.15, -0.1) is 0 Å². The van der Waals surface area contributed by atoms with Crippen molar-refractivity contribution in [3.63, 3.8) is 0 Å². The van der Waals surface area contributed by atoms with Crippen LogP contribution in [-0.2, 0) is 30.7 Å². The number of phenols is 2. The lowest BCUT2D eigenvalue weighted by Crippen LogP contribution is -2.49. The summed E-state index contributed by atoms with van der Waals surface area (Å²) in [6.07, 6.45) is 13.8. The van der Waals surface area contributed by atoms with Crippen molar-refractivity contribution in [2.24, 2.45) is 0 Å². The van der Waals surface area contributed by atoms with Crippen molar-refractivity contribution in [3.8, 4) is 23.0 Å². The average Bonchev–Trinajstić information content (AvgIpc) is 3.69. The summed E-state index contributed by atoms with van der Waals surface area (Å²) in [5, 5.41) is 55.0. The molecule has 5 N–H and O–H groups in total. The van der Waals surface area contributed by atoms with E-state index < -0.39 is 41.3 Å². The molecule has 0 saturated heterocycles. The van der Waals surface area contributed by atoms with Gasteiger partial charge < -0.3 is 44.8 Å². The highest BCUT2D eigenvalue weighted by Gasteiger charge is 2.47. The molecule has 5 atom stereocenters. The Hall–Kier alpha value is -5.07. The molecule has 0 fully saturated rings. The van der Waals surface area contributed by atoms with Gasteiger partial charge >= 0.3 is 5.97 Å². The molecule has 0 unspecified atom stereocenters. The number of fused-ring (bicyclic) bond motifs is 6. The molecular weight excluding hydrogens is 801 g/mol. The lowest BCUT2D eigenvalue weighted by Gasteiger charge is -2.41. The Labute approximate surface area is 372 Å². The monoisotopic (exact) mass is 868 g/mol. The van der Waals surface area contributed by atoms with Crippen LogP contribution in [0.4, 0.5) is 0 Å². The SMILES string of the molecule is CC(C)=CCC/C(C)=C\CC[C@@]1(C)Oc2c(c(O)cc3c2CN([C@@H](CCCN2Cc4c(cc(O)c5c4O[C@@](C)(CC/C=C(\C)CCC=C(C)C)[C@@H](O)C5)C2=O)C(=O)O)C3=O)C[C@@H]1O. The van der Waals surface area contributed by atoms with Gasteiger partial charge in [0.05, 0.1) is 36.4 Å².